The fourth-order valence-electron chi connectivity index (χ4n) is 3.00. The second-order valence-corrected chi connectivity index (χ2v) is 6.31. The molecule has 0 radical (unpaired) electrons. The van der Waals surface area contributed by atoms with Crippen LogP contribution in [0.1, 0.15) is 47.8 Å². The Labute approximate surface area is 149 Å². The van der Waals surface area contributed by atoms with Gasteiger partial charge in [0, 0.05) is 12.1 Å². The van der Waals surface area contributed by atoms with Gasteiger partial charge in [0.2, 0.25) is 5.95 Å². The molecule has 0 unspecified atom stereocenters. The van der Waals surface area contributed by atoms with Gasteiger partial charge in [0.15, 0.2) is 5.78 Å². The van der Waals surface area contributed by atoms with Crippen molar-refractivity contribution in [2.45, 2.75) is 39.0 Å². The van der Waals surface area contributed by atoms with Crippen molar-refractivity contribution in [1.29, 1.82) is 0 Å². The Balaban J connectivity index is 1.57. The maximum absolute atomic E-state index is 14.0. The molecule has 136 valence electrons. The molecule has 0 saturated heterocycles. The van der Waals surface area contributed by atoms with Crippen molar-refractivity contribution >= 4 is 22.8 Å². The topological polar surface area (TPSA) is 105 Å². The number of hydrogen-bond donors (Lipinski definition) is 3. The summed E-state index contributed by atoms with van der Waals surface area (Å²) in [6.45, 7) is 1.72. The molecule has 0 aliphatic heterocycles. The van der Waals surface area contributed by atoms with E-state index in [-0.39, 0.29) is 22.9 Å². The minimum atomic E-state index is -0.451. The summed E-state index contributed by atoms with van der Waals surface area (Å²) < 4.78 is 14.0. The summed E-state index contributed by atoms with van der Waals surface area (Å²) in [5.41, 5.74) is 7.71. The van der Waals surface area contributed by atoms with Crippen LogP contribution in [0.25, 0.3) is 11.0 Å². The third-order valence-corrected chi connectivity index (χ3v) is 4.39. The van der Waals surface area contributed by atoms with Crippen LogP contribution in [-0.2, 0) is 12.8 Å². The number of fused-ring (bicyclic) bond motifs is 1. The van der Waals surface area contributed by atoms with Gasteiger partial charge in [-0.15, -0.1) is 0 Å². The highest BCUT2D eigenvalue weighted by atomic mass is 19.1. The van der Waals surface area contributed by atoms with E-state index < -0.39 is 5.82 Å². The summed E-state index contributed by atoms with van der Waals surface area (Å²) in [5.74, 6) is -0.548. The van der Waals surface area contributed by atoms with Crippen LogP contribution in [0.15, 0.2) is 29.1 Å². The molecule has 2 heterocycles. The number of aryl methyl sites for hydroxylation is 2. The van der Waals surface area contributed by atoms with Gasteiger partial charge in [-0.1, -0.05) is 13.0 Å². The van der Waals surface area contributed by atoms with Crippen LogP contribution in [-0.4, -0.2) is 20.7 Å². The lowest BCUT2D eigenvalue weighted by Crippen LogP contribution is -2.09. The molecule has 1 aromatic carbocycles. The third-order valence-electron chi connectivity index (χ3n) is 4.39. The number of rotatable bonds is 7. The first-order valence-corrected chi connectivity index (χ1v) is 8.67. The number of hydrogen-bond acceptors (Lipinski definition) is 4. The zero-order valence-electron chi connectivity index (χ0n) is 14.6. The Bertz CT molecular complexity index is 1010. The van der Waals surface area contributed by atoms with Crippen molar-refractivity contribution < 1.29 is 9.18 Å². The van der Waals surface area contributed by atoms with Crippen LogP contribution in [0.3, 0.4) is 0 Å². The Kier molecular flexibility index (Phi) is 5.16. The van der Waals surface area contributed by atoms with E-state index in [2.05, 4.69) is 15.0 Å². The lowest BCUT2D eigenvalue weighted by atomic mass is 10.0. The normalized spacial score (nSPS) is 11.2. The smallest absolute Gasteiger partial charge is 0.261 e. The van der Waals surface area contributed by atoms with E-state index in [0.717, 1.165) is 36.9 Å². The number of nitrogen functional groups attached to an aromatic ring is 1. The lowest BCUT2D eigenvalue weighted by Gasteiger charge is -2.05. The number of aromatic nitrogens is 3. The average Bonchev–Trinajstić information content (AvgIpc) is 3.01. The summed E-state index contributed by atoms with van der Waals surface area (Å²) in [6, 6.07) is 6.60. The maximum atomic E-state index is 14.0. The molecule has 2 aromatic heterocycles. The second kappa shape index (κ2) is 7.51. The number of anilines is 1. The predicted molar refractivity (Wildman–Crippen MR) is 98.8 cm³/mol. The summed E-state index contributed by atoms with van der Waals surface area (Å²) in [7, 11) is 0. The van der Waals surface area contributed by atoms with Gasteiger partial charge in [0.05, 0.1) is 10.9 Å². The molecular formula is C19H21FN4O2. The first kappa shape index (κ1) is 17.8. The molecule has 26 heavy (non-hydrogen) atoms. The van der Waals surface area contributed by atoms with Crippen LogP contribution in [0.2, 0.25) is 0 Å². The van der Waals surface area contributed by atoms with Crippen LogP contribution in [0.5, 0.6) is 0 Å². The van der Waals surface area contributed by atoms with Crippen LogP contribution >= 0.6 is 0 Å². The number of nitrogens with zero attached hydrogens (tertiary/aromatic N) is 1. The van der Waals surface area contributed by atoms with Gasteiger partial charge in [-0.2, -0.15) is 4.98 Å². The van der Waals surface area contributed by atoms with E-state index in [1.807, 2.05) is 0 Å². The highest BCUT2D eigenvalue weighted by Gasteiger charge is 2.10. The fourth-order valence-corrected chi connectivity index (χ4v) is 3.00. The summed E-state index contributed by atoms with van der Waals surface area (Å²) >= 11 is 0. The molecule has 0 amide bonds. The van der Waals surface area contributed by atoms with E-state index in [4.69, 9.17) is 5.73 Å². The van der Waals surface area contributed by atoms with Crippen molar-refractivity contribution in [3.63, 3.8) is 0 Å². The first-order valence-electron chi connectivity index (χ1n) is 8.67. The number of nitrogens with one attached hydrogen (secondary N) is 2. The van der Waals surface area contributed by atoms with Gasteiger partial charge in [0.1, 0.15) is 11.5 Å². The Hall–Kier alpha value is -2.96. The summed E-state index contributed by atoms with van der Waals surface area (Å²) in [4.78, 5) is 33.0. The predicted octanol–water partition coefficient (Wildman–Crippen LogP) is 3.13. The number of nitrogens with two attached hydrogens (primary N) is 1. The molecule has 0 aliphatic rings. The van der Waals surface area contributed by atoms with Crippen LogP contribution < -0.4 is 11.3 Å². The van der Waals surface area contributed by atoms with E-state index in [1.54, 1.807) is 25.1 Å². The van der Waals surface area contributed by atoms with Gasteiger partial charge >= 0.3 is 0 Å². The lowest BCUT2D eigenvalue weighted by molar-refractivity contribution is 0.0984. The Morgan fingerprint density at radius 1 is 1.19 bits per heavy atom. The molecule has 0 aliphatic carbocycles. The number of Topliss-reactive ketones (excluding diaryl/α,β-unsaturated/α-hetero) is 1. The van der Waals surface area contributed by atoms with Crippen molar-refractivity contribution in [3.05, 3.63) is 57.3 Å². The second-order valence-electron chi connectivity index (χ2n) is 6.31. The van der Waals surface area contributed by atoms with E-state index in [1.165, 1.54) is 6.07 Å². The fraction of sp³-hybridized carbons (Fsp3) is 0.316. The van der Waals surface area contributed by atoms with Crippen LogP contribution in [0.4, 0.5) is 10.3 Å². The number of ketones is 1. The van der Waals surface area contributed by atoms with E-state index in [0.29, 0.717) is 17.5 Å². The minimum Gasteiger partial charge on any atom is -0.369 e. The molecule has 7 heteroatoms. The largest absolute Gasteiger partial charge is 0.369 e. The van der Waals surface area contributed by atoms with Crippen molar-refractivity contribution in [1.82, 2.24) is 15.0 Å². The van der Waals surface area contributed by atoms with Gasteiger partial charge < -0.3 is 10.7 Å². The molecule has 0 spiro atoms. The van der Waals surface area contributed by atoms with Gasteiger partial charge in [0.25, 0.3) is 5.56 Å². The number of carbonyl (C=O) groups is 1. The standard InChI is InChI=1S/C19H21FN4O2/c1-2-16(25)13-8-7-11(9-15(13)20)5-3-4-6-12-10-14-17(22-12)23-19(21)24-18(14)26/h7-10H,2-6H2,1H3,(H4,21,22,23,24,26). The molecule has 6 nitrogen and oxygen atoms in total. The zero-order chi connectivity index (χ0) is 18.7. The highest BCUT2D eigenvalue weighted by Crippen LogP contribution is 2.16. The molecule has 0 bridgehead atoms. The van der Waals surface area contributed by atoms with Gasteiger partial charge in [-0.25, -0.2) is 4.39 Å². The summed E-state index contributed by atoms with van der Waals surface area (Å²) in [6.07, 6.45) is 3.51. The molecule has 4 N–H and O–H groups in total. The molecular weight excluding hydrogens is 335 g/mol. The SMILES string of the molecule is CCC(=O)c1ccc(CCCCc2cc3c(=O)[nH]c(N)nc3[nH]2)cc1F. The summed E-state index contributed by atoms with van der Waals surface area (Å²) in [5, 5.41) is 0.493. The number of H-pyrrole nitrogens is 2. The first-order chi connectivity index (χ1) is 12.5. The van der Waals surface area contributed by atoms with Crippen molar-refractivity contribution in [2.24, 2.45) is 0 Å². The van der Waals surface area contributed by atoms with E-state index >= 15 is 0 Å². The Morgan fingerprint density at radius 3 is 2.69 bits per heavy atom. The molecule has 3 rings (SSSR count). The molecule has 3 aromatic rings. The van der Waals surface area contributed by atoms with Gasteiger partial charge in [-0.05, 0) is 49.4 Å². The number of carbonyl (C=O) groups excluding carboxylic acids is 1. The van der Waals surface area contributed by atoms with E-state index in [9.17, 15) is 14.0 Å². The number of benzene rings is 1. The highest BCUT2D eigenvalue weighted by molar-refractivity contribution is 5.96. The van der Waals surface area contributed by atoms with Crippen LogP contribution in [0, 0.1) is 5.82 Å². The monoisotopic (exact) mass is 356 g/mol. The maximum Gasteiger partial charge on any atom is 0.261 e. The van der Waals surface area contributed by atoms with Crippen molar-refractivity contribution in [3.8, 4) is 0 Å². The number of aromatic amines is 2. The quantitative estimate of drug-likeness (QED) is 0.447. The minimum absolute atomic E-state index is 0.0860. The zero-order valence-corrected chi connectivity index (χ0v) is 14.6. The Morgan fingerprint density at radius 2 is 1.96 bits per heavy atom. The third kappa shape index (κ3) is 3.82. The number of halogens is 1. The number of unbranched alkanes of at least 4 members (excludes halogenated alkanes) is 1. The average molecular weight is 356 g/mol. The van der Waals surface area contributed by atoms with Gasteiger partial charge in [-0.3, -0.25) is 14.6 Å². The molecule has 0 saturated carbocycles. The molecule has 0 atom stereocenters. The van der Waals surface area contributed by atoms with Crippen molar-refractivity contribution in [2.75, 3.05) is 5.73 Å². The molecule has 0 fully saturated rings.